The molecule has 3 nitrogen and oxygen atoms in total. The molecule has 1 atom stereocenters. The van der Waals surface area contributed by atoms with E-state index in [1.807, 2.05) is 13.8 Å². The van der Waals surface area contributed by atoms with Crippen LogP contribution < -0.4 is 10.5 Å². The average molecular weight is 256 g/mol. The third kappa shape index (κ3) is 2.79. The number of carbonyl (C=O) groups excluding carboxylic acids is 1. The molecular weight excluding hydrogens is 238 g/mol. The Balaban J connectivity index is 3.12. The fourth-order valence-corrected chi connectivity index (χ4v) is 1.74. The van der Waals surface area contributed by atoms with Gasteiger partial charge in [-0.15, -0.1) is 0 Å². The van der Waals surface area contributed by atoms with Crippen molar-refractivity contribution < 1.29 is 9.53 Å². The zero-order valence-corrected chi connectivity index (χ0v) is 11.2. The van der Waals surface area contributed by atoms with Gasteiger partial charge in [0.2, 0.25) is 0 Å². The van der Waals surface area contributed by atoms with E-state index in [2.05, 4.69) is 0 Å². The molecule has 0 fully saturated rings. The second kappa shape index (κ2) is 5.52. The predicted molar refractivity (Wildman–Crippen MR) is 69.8 cm³/mol. The lowest BCUT2D eigenvalue weighted by Crippen LogP contribution is -2.35. The molecule has 0 radical (unpaired) electrons. The number of hydrogen-bond acceptors (Lipinski definition) is 3. The highest BCUT2D eigenvalue weighted by Gasteiger charge is 2.30. The highest BCUT2D eigenvalue weighted by atomic mass is 35.5. The molecule has 0 saturated carbocycles. The van der Waals surface area contributed by atoms with E-state index in [4.69, 9.17) is 22.1 Å². The largest absolute Gasteiger partial charge is 0.495 e. The highest BCUT2D eigenvalue weighted by Crippen LogP contribution is 2.30. The molecule has 0 amide bonds. The van der Waals surface area contributed by atoms with Crippen LogP contribution in [0, 0.1) is 5.41 Å². The molecule has 94 valence electrons. The van der Waals surface area contributed by atoms with Crippen LogP contribution in [-0.2, 0) is 0 Å². The van der Waals surface area contributed by atoms with Crippen molar-refractivity contribution in [1.29, 1.82) is 0 Å². The fraction of sp³-hybridized carbons (Fsp3) is 0.462. The predicted octanol–water partition coefficient (Wildman–Crippen LogP) is 2.91. The van der Waals surface area contributed by atoms with E-state index in [0.717, 1.165) is 0 Å². The van der Waals surface area contributed by atoms with Crippen LogP contribution in [0.3, 0.4) is 0 Å². The molecular formula is C13H18ClNO2. The summed E-state index contributed by atoms with van der Waals surface area (Å²) in [5, 5.41) is 0.495. The van der Waals surface area contributed by atoms with Crippen LogP contribution >= 0.6 is 11.6 Å². The van der Waals surface area contributed by atoms with Crippen LogP contribution in [0.1, 0.15) is 30.6 Å². The maximum atomic E-state index is 12.3. The molecule has 0 heterocycles. The summed E-state index contributed by atoms with van der Waals surface area (Å²) in [6.45, 7) is 4.15. The topological polar surface area (TPSA) is 52.3 Å². The molecule has 0 aliphatic rings. The van der Waals surface area contributed by atoms with Gasteiger partial charge in [-0.05, 0) is 24.6 Å². The van der Waals surface area contributed by atoms with E-state index in [9.17, 15) is 4.79 Å². The van der Waals surface area contributed by atoms with Crippen molar-refractivity contribution >= 4 is 17.4 Å². The van der Waals surface area contributed by atoms with E-state index in [1.54, 1.807) is 18.2 Å². The quantitative estimate of drug-likeness (QED) is 0.823. The molecule has 0 aliphatic heterocycles. The Hall–Kier alpha value is -1.06. The van der Waals surface area contributed by atoms with Gasteiger partial charge in [0.15, 0.2) is 5.78 Å². The molecule has 17 heavy (non-hydrogen) atoms. The summed E-state index contributed by atoms with van der Waals surface area (Å²) in [4.78, 5) is 12.3. The van der Waals surface area contributed by atoms with E-state index in [-0.39, 0.29) is 5.78 Å². The SMILES string of the molecule is CCC(C)(CN)C(=O)c1ccc(Cl)c(OC)c1. The van der Waals surface area contributed by atoms with Crippen LogP contribution in [-0.4, -0.2) is 19.4 Å². The van der Waals surface area contributed by atoms with Crippen molar-refractivity contribution in [3.05, 3.63) is 28.8 Å². The van der Waals surface area contributed by atoms with Crippen molar-refractivity contribution in [2.24, 2.45) is 11.1 Å². The van der Waals surface area contributed by atoms with Gasteiger partial charge in [0.25, 0.3) is 0 Å². The molecule has 0 aliphatic carbocycles. The van der Waals surface area contributed by atoms with Gasteiger partial charge in [-0.3, -0.25) is 4.79 Å². The Kier molecular flexibility index (Phi) is 4.54. The maximum absolute atomic E-state index is 12.3. The van der Waals surface area contributed by atoms with Crippen molar-refractivity contribution in [1.82, 2.24) is 0 Å². The van der Waals surface area contributed by atoms with Crippen LogP contribution in [0.25, 0.3) is 0 Å². The number of hydrogen-bond donors (Lipinski definition) is 1. The first kappa shape index (κ1) is 14.0. The van der Waals surface area contributed by atoms with E-state index < -0.39 is 5.41 Å². The zero-order chi connectivity index (χ0) is 13.1. The first-order chi connectivity index (χ1) is 7.98. The number of Topliss-reactive ketones (excluding diaryl/α,β-unsaturated/α-hetero) is 1. The number of benzene rings is 1. The Morgan fingerprint density at radius 1 is 1.53 bits per heavy atom. The minimum absolute atomic E-state index is 0.0254. The Morgan fingerprint density at radius 3 is 2.65 bits per heavy atom. The normalized spacial score (nSPS) is 14.2. The standard InChI is InChI=1S/C13H18ClNO2/c1-4-13(2,8-15)12(16)9-5-6-10(14)11(7-9)17-3/h5-7H,4,8,15H2,1-3H3. The molecule has 4 heteroatoms. The van der Waals surface area contributed by atoms with Crippen LogP contribution in [0.5, 0.6) is 5.75 Å². The van der Waals surface area contributed by atoms with Gasteiger partial charge in [0.1, 0.15) is 5.75 Å². The maximum Gasteiger partial charge on any atom is 0.170 e. The van der Waals surface area contributed by atoms with Crippen molar-refractivity contribution in [2.45, 2.75) is 20.3 Å². The second-order valence-electron chi connectivity index (χ2n) is 4.30. The monoisotopic (exact) mass is 255 g/mol. The van der Waals surface area contributed by atoms with Crippen molar-refractivity contribution in [3.63, 3.8) is 0 Å². The molecule has 1 aromatic rings. The molecule has 0 aromatic heterocycles. The minimum Gasteiger partial charge on any atom is -0.495 e. The van der Waals surface area contributed by atoms with Gasteiger partial charge >= 0.3 is 0 Å². The van der Waals surface area contributed by atoms with Crippen LogP contribution in [0.4, 0.5) is 0 Å². The van der Waals surface area contributed by atoms with Gasteiger partial charge in [-0.25, -0.2) is 0 Å². The summed E-state index contributed by atoms with van der Waals surface area (Å²) < 4.78 is 5.10. The second-order valence-corrected chi connectivity index (χ2v) is 4.70. The first-order valence-electron chi connectivity index (χ1n) is 5.57. The fourth-order valence-electron chi connectivity index (χ4n) is 1.55. The number of nitrogens with two attached hydrogens (primary N) is 1. The lowest BCUT2D eigenvalue weighted by atomic mass is 9.80. The molecule has 0 saturated heterocycles. The van der Waals surface area contributed by atoms with Crippen LogP contribution in [0.15, 0.2) is 18.2 Å². The first-order valence-corrected chi connectivity index (χ1v) is 5.94. The van der Waals surface area contributed by atoms with Gasteiger partial charge in [-0.1, -0.05) is 25.4 Å². The Morgan fingerprint density at radius 2 is 2.18 bits per heavy atom. The Labute approximate surface area is 107 Å². The van der Waals surface area contributed by atoms with Gasteiger partial charge in [-0.2, -0.15) is 0 Å². The third-order valence-corrected chi connectivity index (χ3v) is 3.50. The zero-order valence-electron chi connectivity index (χ0n) is 10.4. The molecule has 0 spiro atoms. The van der Waals surface area contributed by atoms with Gasteiger partial charge < -0.3 is 10.5 Å². The summed E-state index contributed by atoms with van der Waals surface area (Å²) in [6.07, 6.45) is 0.702. The number of rotatable bonds is 5. The number of ether oxygens (including phenoxy) is 1. The molecule has 1 aromatic carbocycles. The molecule has 1 unspecified atom stereocenters. The molecule has 1 rings (SSSR count). The number of ketones is 1. The van der Waals surface area contributed by atoms with Crippen molar-refractivity contribution in [3.8, 4) is 5.75 Å². The van der Waals surface area contributed by atoms with E-state index in [0.29, 0.717) is 29.3 Å². The summed E-state index contributed by atoms with van der Waals surface area (Å²) in [6, 6.07) is 5.03. The lowest BCUT2D eigenvalue weighted by molar-refractivity contribution is 0.0820. The van der Waals surface area contributed by atoms with Crippen LogP contribution in [0.2, 0.25) is 5.02 Å². The smallest absolute Gasteiger partial charge is 0.170 e. The number of carbonyl (C=O) groups is 1. The number of methoxy groups -OCH3 is 1. The van der Waals surface area contributed by atoms with E-state index in [1.165, 1.54) is 7.11 Å². The van der Waals surface area contributed by atoms with E-state index >= 15 is 0 Å². The number of halogens is 1. The Bertz CT molecular complexity index is 414. The van der Waals surface area contributed by atoms with Gasteiger partial charge in [0.05, 0.1) is 12.1 Å². The molecule has 0 bridgehead atoms. The molecule has 2 N–H and O–H groups in total. The lowest BCUT2D eigenvalue weighted by Gasteiger charge is -2.24. The minimum atomic E-state index is -0.529. The third-order valence-electron chi connectivity index (χ3n) is 3.19. The summed E-state index contributed by atoms with van der Waals surface area (Å²) in [5.74, 6) is 0.533. The summed E-state index contributed by atoms with van der Waals surface area (Å²) >= 11 is 5.92. The highest BCUT2D eigenvalue weighted by molar-refractivity contribution is 6.32. The average Bonchev–Trinajstić information content (AvgIpc) is 2.37. The summed E-state index contributed by atoms with van der Waals surface area (Å²) in [5.41, 5.74) is 5.73. The summed E-state index contributed by atoms with van der Waals surface area (Å²) in [7, 11) is 1.53. The van der Waals surface area contributed by atoms with Gasteiger partial charge in [0, 0.05) is 17.5 Å². The van der Waals surface area contributed by atoms with Crippen molar-refractivity contribution in [2.75, 3.05) is 13.7 Å².